The van der Waals surface area contributed by atoms with Crippen molar-refractivity contribution in [2.75, 3.05) is 12.3 Å². The monoisotopic (exact) mass is 366 g/mol. The van der Waals surface area contributed by atoms with Crippen molar-refractivity contribution >= 4 is 17.8 Å². The minimum Gasteiger partial charge on any atom is -0.337 e. The fourth-order valence-corrected chi connectivity index (χ4v) is 3.33. The molecule has 6 heteroatoms. The van der Waals surface area contributed by atoms with Gasteiger partial charge in [-0.15, -0.1) is 11.8 Å². The maximum Gasteiger partial charge on any atom is 0.315 e. The summed E-state index contributed by atoms with van der Waals surface area (Å²) in [4.78, 5) is 13.2. The highest BCUT2D eigenvalue weighted by Gasteiger charge is 2.05. The quantitative estimate of drug-likeness (QED) is 0.474. The maximum absolute atomic E-state index is 12.0. The lowest BCUT2D eigenvalue weighted by molar-refractivity contribution is 0.241. The second kappa shape index (κ2) is 9.68. The van der Waals surface area contributed by atoms with Gasteiger partial charge in [-0.3, -0.25) is 4.68 Å². The van der Waals surface area contributed by atoms with Crippen LogP contribution in [0.4, 0.5) is 4.79 Å². The molecule has 0 aliphatic heterocycles. The van der Waals surface area contributed by atoms with Crippen LogP contribution in [-0.4, -0.2) is 28.1 Å². The molecule has 0 saturated heterocycles. The van der Waals surface area contributed by atoms with Crippen LogP contribution in [0.25, 0.3) is 0 Å². The zero-order valence-corrected chi connectivity index (χ0v) is 15.3. The average molecular weight is 366 g/mol. The third-order valence-corrected chi connectivity index (χ3v) is 4.86. The Morgan fingerprint density at radius 1 is 0.962 bits per heavy atom. The van der Waals surface area contributed by atoms with Crippen LogP contribution in [-0.2, 0) is 13.1 Å². The van der Waals surface area contributed by atoms with Gasteiger partial charge in [0.15, 0.2) is 0 Å². The number of aromatic nitrogens is 2. The highest BCUT2D eigenvalue weighted by molar-refractivity contribution is 7.99. The third kappa shape index (κ3) is 5.67. The van der Waals surface area contributed by atoms with Crippen molar-refractivity contribution in [3.05, 3.63) is 84.2 Å². The van der Waals surface area contributed by atoms with Crippen LogP contribution in [0.15, 0.2) is 78.0 Å². The van der Waals surface area contributed by atoms with E-state index in [2.05, 4.69) is 33.9 Å². The van der Waals surface area contributed by atoms with Gasteiger partial charge in [0.1, 0.15) is 0 Å². The van der Waals surface area contributed by atoms with Crippen LogP contribution in [0.3, 0.4) is 0 Å². The molecular formula is C20H22N4OS. The van der Waals surface area contributed by atoms with E-state index < -0.39 is 0 Å². The summed E-state index contributed by atoms with van der Waals surface area (Å²) in [6.45, 7) is 1.82. The van der Waals surface area contributed by atoms with E-state index in [9.17, 15) is 4.79 Å². The van der Waals surface area contributed by atoms with E-state index >= 15 is 0 Å². The fourth-order valence-electron chi connectivity index (χ4n) is 2.54. The summed E-state index contributed by atoms with van der Waals surface area (Å²) in [5, 5.41) is 10.1. The summed E-state index contributed by atoms with van der Waals surface area (Å²) < 4.78 is 1.87. The standard InChI is InChI=1S/C20H22N4OS/c25-20(21-12-14-26-19-9-2-1-3-10-19)22-15-17-7-4-5-8-18(17)16-24-13-6-11-23-24/h1-11,13H,12,14-16H2,(H2,21,22,25). The van der Waals surface area contributed by atoms with E-state index in [-0.39, 0.29) is 6.03 Å². The molecule has 26 heavy (non-hydrogen) atoms. The van der Waals surface area contributed by atoms with Gasteiger partial charge in [-0.25, -0.2) is 4.79 Å². The van der Waals surface area contributed by atoms with E-state index in [1.54, 1.807) is 18.0 Å². The van der Waals surface area contributed by atoms with Crippen LogP contribution in [0.5, 0.6) is 0 Å². The van der Waals surface area contributed by atoms with Gasteiger partial charge in [0.2, 0.25) is 0 Å². The van der Waals surface area contributed by atoms with E-state index in [1.807, 2.05) is 53.3 Å². The first-order valence-corrected chi connectivity index (χ1v) is 9.53. The number of hydrogen-bond acceptors (Lipinski definition) is 3. The average Bonchev–Trinajstić information content (AvgIpc) is 3.18. The van der Waals surface area contributed by atoms with Crippen LogP contribution in [0.2, 0.25) is 0 Å². The summed E-state index contributed by atoms with van der Waals surface area (Å²) in [6, 6.07) is 20.0. The molecule has 0 radical (unpaired) electrons. The summed E-state index contributed by atoms with van der Waals surface area (Å²) in [6.07, 6.45) is 3.70. The van der Waals surface area contributed by atoms with Crippen molar-refractivity contribution in [1.29, 1.82) is 0 Å². The Bertz CT molecular complexity index is 806. The van der Waals surface area contributed by atoms with Gasteiger partial charge in [0, 0.05) is 36.1 Å². The largest absolute Gasteiger partial charge is 0.337 e. The van der Waals surface area contributed by atoms with Crippen molar-refractivity contribution in [2.24, 2.45) is 0 Å². The van der Waals surface area contributed by atoms with Crippen LogP contribution >= 0.6 is 11.8 Å². The first-order chi connectivity index (χ1) is 12.8. The molecule has 0 aliphatic rings. The van der Waals surface area contributed by atoms with Crippen LogP contribution in [0, 0.1) is 0 Å². The van der Waals surface area contributed by atoms with Gasteiger partial charge < -0.3 is 10.6 Å². The lowest BCUT2D eigenvalue weighted by atomic mass is 10.1. The highest BCUT2D eigenvalue weighted by Crippen LogP contribution is 2.15. The molecule has 3 aromatic rings. The van der Waals surface area contributed by atoms with Crippen molar-refractivity contribution in [3.63, 3.8) is 0 Å². The van der Waals surface area contributed by atoms with Crippen molar-refractivity contribution < 1.29 is 4.79 Å². The number of hydrogen-bond donors (Lipinski definition) is 2. The van der Waals surface area contributed by atoms with Crippen LogP contribution < -0.4 is 10.6 Å². The lowest BCUT2D eigenvalue weighted by Crippen LogP contribution is -2.36. The van der Waals surface area contributed by atoms with Crippen molar-refractivity contribution in [3.8, 4) is 0 Å². The first kappa shape index (κ1) is 18.1. The number of urea groups is 1. The molecule has 2 amide bonds. The van der Waals surface area contributed by atoms with Gasteiger partial charge in [-0.2, -0.15) is 5.10 Å². The Morgan fingerprint density at radius 3 is 2.50 bits per heavy atom. The number of nitrogens with zero attached hydrogens (tertiary/aromatic N) is 2. The predicted molar refractivity (Wildman–Crippen MR) is 105 cm³/mol. The minimum atomic E-state index is -0.146. The molecule has 0 atom stereocenters. The molecule has 2 N–H and O–H groups in total. The predicted octanol–water partition coefficient (Wildman–Crippen LogP) is 3.52. The molecule has 0 unspecified atom stereocenters. The molecular weight excluding hydrogens is 344 g/mol. The fraction of sp³-hybridized carbons (Fsp3) is 0.200. The zero-order chi connectivity index (χ0) is 18.0. The molecule has 1 heterocycles. The van der Waals surface area contributed by atoms with Gasteiger partial charge in [-0.05, 0) is 29.3 Å². The third-order valence-electron chi connectivity index (χ3n) is 3.85. The van der Waals surface area contributed by atoms with Gasteiger partial charge in [-0.1, -0.05) is 42.5 Å². The molecule has 0 aliphatic carbocycles. The number of nitrogens with one attached hydrogen (secondary N) is 2. The highest BCUT2D eigenvalue weighted by atomic mass is 32.2. The summed E-state index contributed by atoms with van der Waals surface area (Å²) >= 11 is 1.73. The molecule has 0 fully saturated rings. The first-order valence-electron chi connectivity index (χ1n) is 8.55. The summed E-state index contributed by atoms with van der Waals surface area (Å²) in [5.74, 6) is 0.841. The SMILES string of the molecule is O=C(NCCSc1ccccc1)NCc1ccccc1Cn1cccn1. The summed E-state index contributed by atoms with van der Waals surface area (Å²) in [7, 11) is 0. The Labute approximate surface area is 157 Å². The Balaban J connectivity index is 1.41. The lowest BCUT2D eigenvalue weighted by Gasteiger charge is -2.12. The number of rotatable bonds is 8. The number of carbonyl (C=O) groups is 1. The van der Waals surface area contributed by atoms with E-state index in [1.165, 1.54) is 4.90 Å². The molecule has 3 rings (SSSR count). The normalized spacial score (nSPS) is 10.5. The van der Waals surface area contributed by atoms with Crippen molar-refractivity contribution in [1.82, 2.24) is 20.4 Å². The smallest absolute Gasteiger partial charge is 0.315 e. The Morgan fingerprint density at radius 2 is 1.73 bits per heavy atom. The Kier molecular flexibility index (Phi) is 6.73. The molecule has 2 aromatic carbocycles. The van der Waals surface area contributed by atoms with E-state index in [0.29, 0.717) is 19.6 Å². The number of amides is 2. The number of thioether (sulfide) groups is 1. The maximum atomic E-state index is 12.0. The number of carbonyl (C=O) groups excluding carboxylic acids is 1. The van der Waals surface area contributed by atoms with E-state index in [4.69, 9.17) is 0 Å². The van der Waals surface area contributed by atoms with E-state index in [0.717, 1.165) is 16.9 Å². The Hall–Kier alpha value is -2.73. The topological polar surface area (TPSA) is 59.0 Å². The molecule has 0 bridgehead atoms. The molecule has 5 nitrogen and oxygen atoms in total. The zero-order valence-electron chi connectivity index (χ0n) is 14.5. The minimum absolute atomic E-state index is 0.146. The van der Waals surface area contributed by atoms with Crippen molar-refractivity contribution in [2.45, 2.75) is 18.0 Å². The second-order valence-corrected chi connectivity index (χ2v) is 6.91. The molecule has 0 saturated carbocycles. The van der Waals surface area contributed by atoms with Gasteiger partial charge in [0.05, 0.1) is 6.54 Å². The molecule has 134 valence electrons. The molecule has 1 aromatic heterocycles. The van der Waals surface area contributed by atoms with Crippen LogP contribution in [0.1, 0.15) is 11.1 Å². The second-order valence-electron chi connectivity index (χ2n) is 5.74. The van der Waals surface area contributed by atoms with Gasteiger partial charge >= 0.3 is 6.03 Å². The molecule has 0 spiro atoms. The van der Waals surface area contributed by atoms with Gasteiger partial charge in [0.25, 0.3) is 0 Å². The summed E-state index contributed by atoms with van der Waals surface area (Å²) in [5.41, 5.74) is 2.24. The number of benzene rings is 2.